The van der Waals surface area contributed by atoms with Crippen LogP contribution in [0.2, 0.25) is 0 Å². The molecule has 3 unspecified atom stereocenters. The van der Waals surface area contributed by atoms with Gasteiger partial charge in [-0.2, -0.15) is 0 Å². The molecule has 1 N–H and O–H groups in total. The van der Waals surface area contributed by atoms with Crippen molar-refractivity contribution in [2.24, 2.45) is 5.92 Å². The van der Waals surface area contributed by atoms with Gasteiger partial charge < -0.3 is 9.84 Å². The van der Waals surface area contributed by atoms with Gasteiger partial charge in [0.15, 0.2) is 0 Å². The van der Waals surface area contributed by atoms with Gasteiger partial charge in [-0.1, -0.05) is 19.3 Å². The summed E-state index contributed by atoms with van der Waals surface area (Å²) in [5, 5.41) is 11.5. The molecule has 20 heavy (non-hydrogen) atoms. The molecule has 3 heteroatoms. The summed E-state index contributed by atoms with van der Waals surface area (Å²) in [6.45, 7) is 3.20. The maximum absolute atomic E-state index is 11.5. The molecule has 0 aromatic carbocycles. The smallest absolute Gasteiger partial charge is 0.0844 e. The van der Waals surface area contributed by atoms with Crippen LogP contribution in [0, 0.1) is 5.92 Å². The van der Waals surface area contributed by atoms with Crippen molar-refractivity contribution in [3.8, 4) is 0 Å². The highest BCUT2D eigenvalue weighted by Gasteiger charge is 2.54. The fraction of sp³-hybridized carbons (Fsp3) is 1.00. The highest BCUT2D eigenvalue weighted by atomic mass is 16.5. The van der Waals surface area contributed by atoms with Crippen LogP contribution in [0.1, 0.15) is 64.2 Å². The summed E-state index contributed by atoms with van der Waals surface area (Å²) in [6, 6.07) is 0.442. The number of nitrogens with zero attached hydrogens (tertiary/aromatic N) is 1. The summed E-state index contributed by atoms with van der Waals surface area (Å²) in [5.74, 6) is 0.474. The lowest BCUT2D eigenvalue weighted by molar-refractivity contribution is -0.150. The predicted molar refractivity (Wildman–Crippen MR) is 78.7 cm³/mol. The van der Waals surface area contributed by atoms with Gasteiger partial charge in [-0.25, -0.2) is 0 Å². The average Bonchev–Trinajstić information content (AvgIpc) is 3.06. The van der Waals surface area contributed by atoms with E-state index in [1.165, 1.54) is 51.5 Å². The minimum atomic E-state index is -0.417. The van der Waals surface area contributed by atoms with E-state index in [0.29, 0.717) is 12.0 Å². The van der Waals surface area contributed by atoms with Gasteiger partial charge in [-0.15, -0.1) is 0 Å². The monoisotopic (exact) mass is 279 g/mol. The van der Waals surface area contributed by atoms with E-state index in [4.69, 9.17) is 4.74 Å². The van der Waals surface area contributed by atoms with Gasteiger partial charge in [0, 0.05) is 19.2 Å². The molecule has 0 aromatic heterocycles. The SMILES string of the molecule is OC1(C2CCOC3(CCCC3)C2)CCN2CCCCC21. The molecule has 3 heterocycles. The number of fused-ring (bicyclic) bond motifs is 1. The quantitative estimate of drug-likeness (QED) is 0.801. The molecule has 3 saturated heterocycles. The summed E-state index contributed by atoms with van der Waals surface area (Å²) in [6.07, 6.45) is 12.1. The van der Waals surface area contributed by atoms with E-state index >= 15 is 0 Å². The third-order valence-corrected chi connectivity index (χ3v) is 6.70. The molecule has 1 aliphatic carbocycles. The van der Waals surface area contributed by atoms with Gasteiger partial charge >= 0.3 is 0 Å². The van der Waals surface area contributed by atoms with Gasteiger partial charge in [-0.3, -0.25) is 4.90 Å². The largest absolute Gasteiger partial charge is 0.388 e. The Hall–Kier alpha value is -0.120. The van der Waals surface area contributed by atoms with Crippen molar-refractivity contribution in [2.45, 2.75) is 81.5 Å². The normalized spacial score (nSPS) is 44.9. The lowest BCUT2D eigenvalue weighted by atomic mass is 9.70. The topological polar surface area (TPSA) is 32.7 Å². The van der Waals surface area contributed by atoms with Gasteiger partial charge in [0.1, 0.15) is 0 Å². The molecule has 4 aliphatic rings. The van der Waals surface area contributed by atoms with Crippen LogP contribution in [-0.4, -0.2) is 46.9 Å². The Labute approximate surface area is 122 Å². The fourth-order valence-electron chi connectivity index (χ4n) is 5.61. The number of ether oxygens (including phenoxy) is 1. The Morgan fingerprint density at radius 3 is 2.65 bits per heavy atom. The molecule has 4 fully saturated rings. The first-order valence-electron chi connectivity index (χ1n) is 8.82. The minimum absolute atomic E-state index is 0.140. The zero-order valence-corrected chi connectivity index (χ0v) is 12.6. The van der Waals surface area contributed by atoms with Gasteiger partial charge in [0.2, 0.25) is 0 Å². The first-order valence-corrected chi connectivity index (χ1v) is 8.82. The average molecular weight is 279 g/mol. The van der Waals surface area contributed by atoms with Crippen LogP contribution in [-0.2, 0) is 4.74 Å². The van der Waals surface area contributed by atoms with Gasteiger partial charge in [-0.05, 0) is 57.4 Å². The van der Waals surface area contributed by atoms with E-state index in [-0.39, 0.29) is 5.60 Å². The van der Waals surface area contributed by atoms with Crippen LogP contribution >= 0.6 is 0 Å². The van der Waals surface area contributed by atoms with Crippen LogP contribution in [0.25, 0.3) is 0 Å². The van der Waals surface area contributed by atoms with Crippen LogP contribution in [0.15, 0.2) is 0 Å². The summed E-state index contributed by atoms with van der Waals surface area (Å²) in [5.41, 5.74) is -0.277. The summed E-state index contributed by atoms with van der Waals surface area (Å²) >= 11 is 0. The second-order valence-electron chi connectivity index (χ2n) is 7.72. The maximum Gasteiger partial charge on any atom is 0.0844 e. The van der Waals surface area contributed by atoms with Crippen molar-refractivity contribution in [2.75, 3.05) is 19.7 Å². The van der Waals surface area contributed by atoms with Crippen molar-refractivity contribution >= 4 is 0 Å². The van der Waals surface area contributed by atoms with Crippen LogP contribution < -0.4 is 0 Å². The third-order valence-electron chi connectivity index (χ3n) is 6.70. The molecule has 114 valence electrons. The predicted octanol–water partition coefficient (Wildman–Crippen LogP) is 2.72. The highest BCUT2D eigenvalue weighted by Crippen LogP contribution is 2.49. The van der Waals surface area contributed by atoms with Gasteiger partial charge in [0.05, 0.1) is 11.2 Å². The number of hydrogen-bond acceptors (Lipinski definition) is 3. The molecular formula is C17H29NO2. The lowest BCUT2D eigenvalue weighted by Crippen LogP contribution is -2.55. The minimum Gasteiger partial charge on any atom is -0.388 e. The molecule has 0 amide bonds. The molecule has 1 spiro atoms. The van der Waals surface area contributed by atoms with Crippen LogP contribution in [0.5, 0.6) is 0 Å². The molecule has 1 saturated carbocycles. The van der Waals surface area contributed by atoms with E-state index < -0.39 is 5.60 Å². The Bertz CT molecular complexity index is 366. The number of rotatable bonds is 1. The Morgan fingerprint density at radius 1 is 0.950 bits per heavy atom. The molecule has 0 aromatic rings. The second-order valence-corrected chi connectivity index (χ2v) is 7.72. The number of aliphatic hydroxyl groups is 1. The zero-order chi connectivity index (χ0) is 13.6. The lowest BCUT2D eigenvalue weighted by Gasteiger charge is -2.47. The Morgan fingerprint density at radius 2 is 1.80 bits per heavy atom. The molecule has 0 radical (unpaired) electrons. The number of hydrogen-bond donors (Lipinski definition) is 1. The molecule has 3 aliphatic heterocycles. The summed E-state index contributed by atoms with van der Waals surface area (Å²) < 4.78 is 6.17. The first-order chi connectivity index (χ1) is 9.72. The highest BCUT2D eigenvalue weighted by molar-refractivity contribution is 5.07. The zero-order valence-electron chi connectivity index (χ0n) is 12.6. The number of piperidine rings is 1. The van der Waals surface area contributed by atoms with E-state index in [1.54, 1.807) is 0 Å². The standard InChI is InChI=1S/C17H29NO2/c19-17(9-11-18-10-4-1-5-15(17)18)14-6-12-20-16(13-14)7-2-3-8-16/h14-15,19H,1-13H2. The van der Waals surface area contributed by atoms with Crippen LogP contribution in [0.3, 0.4) is 0 Å². The van der Waals surface area contributed by atoms with Crippen molar-refractivity contribution in [1.29, 1.82) is 0 Å². The maximum atomic E-state index is 11.5. The fourth-order valence-corrected chi connectivity index (χ4v) is 5.61. The third kappa shape index (κ3) is 2.05. The molecule has 4 rings (SSSR count). The van der Waals surface area contributed by atoms with Gasteiger partial charge in [0.25, 0.3) is 0 Å². The van der Waals surface area contributed by atoms with E-state index in [0.717, 1.165) is 32.4 Å². The second kappa shape index (κ2) is 4.96. The van der Waals surface area contributed by atoms with E-state index in [2.05, 4.69) is 4.90 Å². The van der Waals surface area contributed by atoms with Crippen molar-refractivity contribution < 1.29 is 9.84 Å². The van der Waals surface area contributed by atoms with Crippen molar-refractivity contribution in [3.63, 3.8) is 0 Å². The molecular weight excluding hydrogens is 250 g/mol. The molecule has 3 atom stereocenters. The van der Waals surface area contributed by atoms with Crippen LogP contribution in [0.4, 0.5) is 0 Å². The summed E-state index contributed by atoms with van der Waals surface area (Å²) in [4.78, 5) is 2.57. The van der Waals surface area contributed by atoms with E-state index in [1.807, 2.05) is 0 Å². The van der Waals surface area contributed by atoms with E-state index in [9.17, 15) is 5.11 Å². The molecule has 0 bridgehead atoms. The van der Waals surface area contributed by atoms with Crippen molar-refractivity contribution in [3.05, 3.63) is 0 Å². The first kappa shape index (κ1) is 13.5. The van der Waals surface area contributed by atoms with Crippen molar-refractivity contribution in [1.82, 2.24) is 4.90 Å². The summed E-state index contributed by atoms with van der Waals surface area (Å²) in [7, 11) is 0. The Kier molecular flexibility index (Phi) is 3.36. The Balaban J connectivity index is 1.53. The molecule has 3 nitrogen and oxygen atoms in total.